The molecule has 0 fully saturated rings. The van der Waals surface area contributed by atoms with Crippen LogP contribution in [0.3, 0.4) is 0 Å². The van der Waals surface area contributed by atoms with E-state index in [1.54, 1.807) is 24.3 Å². The Morgan fingerprint density at radius 2 is 1.58 bits per heavy atom. The van der Waals surface area contributed by atoms with Crippen molar-refractivity contribution in [2.24, 2.45) is 0 Å². The van der Waals surface area contributed by atoms with E-state index in [4.69, 9.17) is 0 Å². The van der Waals surface area contributed by atoms with Gasteiger partial charge < -0.3 is 20.6 Å². The maximum atomic E-state index is 9.81. The average Bonchev–Trinajstić information content (AvgIpc) is 2.32. The molecule has 1 unspecified atom stereocenters. The van der Waals surface area contributed by atoms with E-state index < -0.39 is 0 Å². The summed E-state index contributed by atoms with van der Waals surface area (Å²) in [4.78, 5) is 0. The molecule has 4 nitrogen and oxygen atoms in total. The molecule has 4 N–H and O–H groups in total. The van der Waals surface area contributed by atoms with Crippen molar-refractivity contribution in [1.82, 2.24) is 0 Å². The van der Waals surface area contributed by atoms with Gasteiger partial charge in [-0.05, 0) is 49.7 Å². The standard InChI is InChI=1S/C15H17NO3/c1-9-7-11(17)4-6-14(9)16-10(2)13-5-3-12(18)8-15(13)19/h3-8,10,16-19H,1-2H3. The van der Waals surface area contributed by atoms with Gasteiger partial charge >= 0.3 is 0 Å². The summed E-state index contributed by atoms with van der Waals surface area (Å²) in [5.74, 6) is 0.314. The lowest BCUT2D eigenvalue weighted by molar-refractivity contribution is 0.444. The fourth-order valence-corrected chi connectivity index (χ4v) is 2.02. The Labute approximate surface area is 112 Å². The van der Waals surface area contributed by atoms with Crippen LogP contribution < -0.4 is 5.32 Å². The summed E-state index contributed by atoms with van der Waals surface area (Å²) in [6.07, 6.45) is 0. The average molecular weight is 259 g/mol. The number of hydrogen-bond donors (Lipinski definition) is 4. The van der Waals surface area contributed by atoms with E-state index in [1.807, 2.05) is 13.8 Å². The fraction of sp³-hybridized carbons (Fsp3) is 0.200. The van der Waals surface area contributed by atoms with Crippen LogP contribution in [0.4, 0.5) is 5.69 Å². The number of anilines is 1. The van der Waals surface area contributed by atoms with Crippen molar-refractivity contribution in [3.63, 3.8) is 0 Å². The van der Waals surface area contributed by atoms with Gasteiger partial charge in [0.1, 0.15) is 17.2 Å². The van der Waals surface area contributed by atoms with Gasteiger partial charge in [0.05, 0.1) is 6.04 Å². The molecule has 1 atom stereocenters. The van der Waals surface area contributed by atoms with Gasteiger partial charge in [-0.1, -0.05) is 0 Å². The second-order valence-electron chi connectivity index (χ2n) is 4.61. The molecule has 0 saturated heterocycles. The van der Waals surface area contributed by atoms with Crippen LogP contribution in [0.5, 0.6) is 17.2 Å². The van der Waals surface area contributed by atoms with Crippen molar-refractivity contribution in [1.29, 1.82) is 0 Å². The van der Waals surface area contributed by atoms with Crippen LogP contribution in [0.15, 0.2) is 36.4 Å². The molecule has 0 aliphatic rings. The topological polar surface area (TPSA) is 72.7 Å². The van der Waals surface area contributed by atoms with E-state index in [1.165, 1.54) is 12.1 Å². The minimum Gasteiger partial charge on any atom is -0.508 e. The number of hydrogen-bond acceptors (Lipinski definition) is 4. The van der Waals surface area contributed by atoms with Crippen molar-refractivity contribution >= 4 is 5.69 Å². The minimum absolute atomic E-state index is 0.0364. The first kappa shape index (κ1) is 13.1. The highest BCUT2D eigenvalue weighted by Gasteiger charge is 2.12. The zero-order valence-electron chi connectivity index (χ0n) is 10.9. The van der Waals surface area contributed by atoms with Crippen LogP contribution in [0, 0.1) is 6.92 Å². The summed E-state index contributed by atoms with van der Waals surface area (Å²) in [6, 6.07) is 9.48. The quantitative estimate of drug-likeness (QED) is 0.638. The van der Waals surface area contributed by atoms with Gasteiger partial charge in [0, 0.05) is 17.3 Å². The highest BCUT2D eigenvalue weighted by molar-refractivity contribution is 5.55. The van der Waals surface area contributed by atoms with Crippen molar-refractivity contribution in [2.45, 2.75) is 19.9 Å². The largest absolute Gasteiger partial charge is 0.508 e. The molecule has 0 heterocycles. The fourth-order valence-electron chi connectivity index (χ4n) is 2.02. The van der Waals surface area contributed by atoms with Gasteiger partial charge in [-0.15, -0.1) is 0 Å². The van der Waals surface area contributed by atoms with Crippen molar-refractivity contribution in [3.8, 4) is 17.2 Å². The summed E-state index contributed by atoms with van der Waals surface area (Å²) in [5.41, 5.74) is 2.51. The van der Waals surface area contributed by atoms with E-state index in [0.29, 0.717) is 5.56 Å². The number of phenols is 3. The van der Waals surface area contributed by atoms with Gasteiger partial charge in [0.2, 0.25) is 0 Å². The second kappa shape index (κ2) is 5.10. The first-order valence-electron chi connectivity index (χ1n) is 6.05. The van der Waals surface area contributed by atoms with Crippen LogP contribution in [0.2, 0.25) is 0 Å². The van der Waals surface area contributed by atoms with Crippen molar-refractivity contribution < 1.29 is 15.3 Å². The number of aromatic hydroxyl groups is 3. The molecule has 100 valence electrons. The van der Waals surface area contributed by atoms with Gasteiger partial charge in [0.15, 0.2) is 0 Å². The molecular formula is C15H17NO3. The molecule has 4 heteroatoms. The summed E-state index contributed by atoms with van der Waals surface area (Å²) in [6.45, 7) is 3.81. The number of rotatable bonds is 3. The maximum absolute atomic E-state index is 9.81. The molecule has 19 heavy (non-hydrogen) atoms. The van der Waals surface area contributed by atoms with Crippen molar-refractivity contribution in [2.75, 3.05) is 5.32 Å². The molecule has 0 spiro atoms. The first-order chi connectivity index (χ1) is 8.97. The monoisotopic (exact) mass is 259 g/mol. The normalized spacial score (nSPS) is 12.1. The number of aryl methyl sites for hydroxylation is 1. The summed E-state index contributed by atoms with van der Waals surface area (Å²) in [7, 11) is 0. The Morgan fingerprint density at radius 1 is 0.947 bits per heavy atom. The third-order valence-corrected chi connectivity index (χ3v) is 3.06. The highest BCUT2D eigenvalue weighted by Crippen LogP contribution is 2.31. The predicted molar refractivity (Wildman–Crippen MR) is 74.7 cm³/mol. The van der Waals surface area contributed by atoms with Crippen LogP contribution >= 0.6 is 0 Å². The van der Waals surface area contributed by atoms with Gasteiger partial charge in [-0.2, -0.15) is 0 Å². The summed E-state index contributed by atoms with van der Waals surface area (Å²) >= 11 is 0. The summed E-state index contributed by atoms with van der Waals surface area (Å²) in [5, 5.41) is 31.7. The lowest BCUT2D eigenvalue weighted by atomic mass is 10.1. The van der Waals surface area contributed by atoms with Gasteiger partial charge in [-0.3, -0.25) is 0 Å². The molecule has 0 saturated carbocycles. The summed E-state index contributed by atoms with van der Waals surface area (Å²) < 4.78 is 0. The van der Waals surface area contributed by atoms with E-state index in [0.717, 1.165) is 11.3 Å². The van der Waals surface area contributed by atoms with Gasteiger partial charge in [0.25, 0.3) is 0 Å². The lowest BCUT2D eigenvalue weighted by Crippen LogP contribution is -2.07. The molecule has 0 aliphatic heterocycles. The van der Waals surface area contributed by atoms with E-state index in [9.17, 15) is 15.3 Å². The van der Waals surface area contributed by atoms with Crippen LogP contribution in [0.1, 0.15) is 24.1 Å². The Hall–Kier alpha value is -2.36. The Balaban J connectivity index is 2.23. The maximum Gasteiger partial charge on any atom is 0.124 e. The molecule has 0 bridgehead atoms. The third-order valence-electron chi connectivity index (χ3n) is 3.06. The van der Waals surface area contributed by atoms with Crippen LogP contribution in [0.25, 0.3) is 0 Å². The Bertz CT molecular complexity index is 596. The zero-order valence-corrected chi connectivity index (χ0v) is 10.9. The third kappa shape index (κ3) is 2.91. The molecule has 0 amide bonds. The first-order valence-corrected chi connectivity index (χ1v) is 6.05. The second-order valence-corrected chi connectivity index (χ2v) is 4.61. The molecule has 0 aliphatic carbocycles. The predicted octanol–water partition coefficient (Wildman–Crippen LogP) is 3.28. The molecule has 2 rings (SSSR count). The minimum atomic E-state index is -0.121. The van der Waals surface area contributed by atoms with Crippen LogP contribution in [-0.4, -0.2) is 15.3 Å². The van der Waals surface area contributed by atoms with Crippen molar-refractivity contribution in [3.05, 3.63) is 47.5 Å². The highest BCUT2D eigenvalue weighted by atomic mass is 16.3. The Kier molecular flexibility index (Phi) is 3.51. The van der Waals surface area contributed by atoms with E-state index in [-0.39, 0.29) is 23.3 Å². The number of nitrogens with one attached hydrogen (secondary N) is 1. The molecule has 2 aromatic carbocycles. The van der Waals surface area contributed by atoms with E-state index >= 15 is 0 Å². The SMILES string of the molecule is Cc1cc(O)ccc1NC(C)c1ccc(O)cc1O. The van der Waals surface area contributed by atoms with Crippen LogP contribution in [-0.2, 0) is 0 Å². The van der Waals surface area contributed by atoms with Gasteiger partial charge in [-0.25, -0.2) is 0 Å². The lowest BCUT2D eigenvalue weighted by Gasteiger charge is -2.18. The molecule has 0 radical (unpaired) electrons. The molecule has 2 aromatic rings. The Morgan fingerprint density at radius 3 is 2.21 bits per heavy atom. The smallest absolute Gasteiger partial charge is 0.124 e. The molecular weight excluding hydrogens is 242 g/mol. The molecule has 0 aromatic heterocycles. The van der Waals surface area contributed by atoms with E-state index in [2.05, 4.69) is 5.32 Å². The number of phenolic OH excluding ortho intramolecular Hbond substituents is 3. The zero-order chi connectivity index (χ0) is 14.0. The number of benzene rings is 2.